The molecular weight excluding hydrogens is 376 g/mol. The number of anilines is 1. The molecule has 0 bridgehead atoms. The van der Waals surface area contributed by atoms with Crippen LogP contribution in [0.2, 0.25) is 0 Å². The van der Waals surface area contributed by atoms with E-state index in [9.17, 15) is 5.11 Å². The number of hydrogen-bond donors (Lipinski definition) is 1. The minimum Gasteiger partial charge on any atom is -0.395 e. The minimum absolute atomic E-state index is 0.110. The van der Waals surface area contributed by atoms with E-state index in [0.29, 0.717) is 6.54 Å². The van der Waals surface area contributed by atoms with Gasteiger partial charge < -0.3 is 10.0 Å². The number of benzene rings is 1. The van der Waals surface area contributed by atoms with Crippen molar-refractivity contribution in [2.24, 2.45) is 0 Å². The SMILES string of the molecule is CCCN(CCO)c1nc(-c2cccc(C)c2)c(-c2ccnc(SC)n2)s1. The maximum absolute atomic E-state index is 9.45. The summed E-state index contributed by atoms with van der Waals surface area (Å²) in [6, 6.07) is 10.3. The van der Waals surface area contributed by atoms with E-state index in [1.165, 1.54) is 17.3 Å². The summed E-state index contributed by atoms with van der Waals surface area (Å²) in [5.74, 6) is 0. The van der Waals surface area contributed by atoms with E-state index in [-0.39, 0.29) is 6.61 Å². The van der Waals surface area contributed by atoms with Gasteiger partial charge in [0, 0.05) is 24.8 Å². The fourth-order valence-electron chi connectivity index (χ4n) is 2.87. The van der Waals surface area contributed by atoms with Crippen LogP contribution in [-0.4, -0.2) is 46.0 Å². The zero-order chi connectivity index (χ0) is 19.2. The second-order valence-corrected chi connectivity index (χ2v) is 7.93. The second kappa shape index (κ2) is 9.30. The normalized spacial score (nSPS) is 11.0. The zero-order valence-electron chi connectivity index (χ0n) is 15.8. The molecule has 1 aromatic carbocycles. The number of nitrogens with zero attached hydrogens (tertiary/aromatic N) is 4. The molecule has 0 aliphatic rings. The Hall–Kier alpha value is -1.96. The summed E-state index contributed by atoms with van der Waals surface area (Å²) < 4.78 is 0. The summed E-state index contributed by atoms with van der Waals surface area (Å²) in [7, 11) is 0. The van der Waals surface area contributed by atoms with Crippen LogP contribution in [0.15, 0.2) is 41.7 Å². The number of thiazole rings is 1. The van der Waals surface area contributed by atoms with Gasteiger partial charge >= 0.3 is 0 Å². The zero-order valence-corrected chi connectivity index (χ0v) is 17.5. The van der Waals surface area contributed by atoms with Gasteiger partial charge in [-0.3, -0.25) is 0 Å². The first-order chi connectivity index (χ1) is 13.2. The van der Waals surface area contributed by atoms with Crippen LogP contribution < -0.4 is 4.90 Å². The van der Waals surface area contributed by atoms with Crippen LogP contribution in [0.3, 0.4) is 0 Å². The van der Waals surface area contributed by atoms with Crippen LogP contribution in [-0.2, 0) is 0 Å². The Morgan fingerprint density at radius 3 is 2.74 bits per heavy atom. The molecule has 2 heterocycles. The van der Waals surface area contributed by atoms with Crippen molar-refractivity contribution >= 4 is 28.2 Å². The predicted octanol–water partition coefficient (Wildman–Crippen LogP) is 4.51. The monoisotopic (exact) mass is 400 g/mol. The van der Waals surface area contributed by atoms with Gasteiger partial charge in [-0.2, -0.15) is 0 Å². The van der Waals surface area contributed by atoms with Crippen molar-refractivity contribution in [2.75, 3.05) is 30.9 Å². The lowest BCUT2D eigenvalue weighted by Crippen LogP contribution is -2.27. The first-order valence-corrected chi connectivity index (χ1v) is 11.0. The van der Waals surface area contributed by atoms with Gasteiger partial charge in [-0.05, 0) is 31.7 Å². The molecule has 2 aromatic heterocycles. The fourth-order valence-corrected chi connectivity index (χ4v) is 4.33. The molecule has 27 heavy (non-hydrogen) atoms. The molecule has 0 spiro atoms. The Bertz CT molecular complexity index is 891. The number of hydrogen-bond acceptors (Lipinski definition) is 7. The van der Waals surface area contributed by atoms with Crippen LogP contribution in [0.4, 0.5) is 5.13 Å². The van der Waals surface area contributed by atoms with Gasteiger partial charge in [-0.1, -0.05) is 53.8 Å². The lowest BCUT2D eigenvalue weighted by molar-refractivity contribution is 0.302. The van der Waals surface area contributed by atoms with Gasteiger partial charge in [0.05, 0.1) is 22.9 Å². The molecule has 0 aliphatic carbocycles. The standard InChI is InChI=1S/C20H24N4OS2/c1-4-10-24(11-12-25)20-23-17(15-7-5-6-14(2)13-15)18(27-20)16-8-9-21-19(22-16)26-3/h5-9,13,25H,4,10-12H2,1-3H3. The fraction of sp³-hybridized carbons (Fsp3) is 0.350. The van der Waals surface area contributed by atoms with Crippen LogP contribution in [0.1, 0.15) is 18.9 Å². The highest BCUT2D eigenvalue weighted by Gasteiger charge is 2.20. The third-order valence-corrected chi connectivity index (χ3v) is 5.79. The van der Waals surface area contributed by atoms with Crippen molar-refractivity contribution in [1.82, 2.24) is 15.0 Å². The summed E-state index contributed by atoms with van der Waals surface area (Å²) >= 11 is 3.15. The molecule has 0 aliphatic heterocycles. The van der Waals surface area contributed by atoms with Crippen molar-refractivity contribution in [2.45, 2.75) is 25.4 Å². The largest absolute Gasteiger partial charge is 0.395 e. The van der Waals surface area contributed by atoms with E-state index in [1.54, 1.807) is 17.5 Å². The topological polar surface area (TPSA) is 62.1 Å². The highest BCUT2D eigenvalue weighted by atomic mass is 32.2. The number of rotatable bonds is 8. The van der Waals surface area contributed by atoms with E-state index in [1.807, 2.05) is 12.3 Å². The Balaban J connectivity index is 2.14. The number of aryl methyl sites for hydroxylation is 1. The van der Waals surface area contributed by atoms with Crippen molar-refractivity contribution in [1.29, 1.82) is 0 Å². The lowest BCUT2D eigenvalue weighted by atomic mass is 10.1. The molecule has 3 aromatic rings. The molecule has 0 radical (unpaired) electrons. The van der Waals surface area contributed by atoms with Gasteiger partial charge in [-0.15, -0.1) is 0 Å². The Morgan fingerprint density at radius 1 is 1.19 bits per heavy atom. The number of aromatic nitrogens is 3. The van der Waals surface area contributed by atoms with Gasteiger partial charge in [0.15, 0.2) is 10.3 Å². The summed E-state index contributed by atoms with van der Waals surface area (Å²) in [5.41, 5.74) is 4.09. The van der Waals surface area contributed by atoms with Gasteiger partial charge in [0.2, 0.25) is 0 Å². The molecule has 0 fully saturated rings. The molecule has 0 unspecified atom stereocenters. The molecule has 5 nitrogen and oxygen atoms in total. The van der Waals surface area contributed by atoms with Gasteiger partial charge in [0.1, 0.15) is 0 Å². The average molecular weight is 401 g/mol. The van der Waals surface area contributed by atoms with Crippen LogP contribution in [0, 0.1) is 6.92 Å². The van der Waals surface area contributed by atoms with Crippen LogP contribution in [0.5, 0.6) is 0 Å². The maximum atomic E-state index is 9.45. The molecule has 1 N–H and O–H groups in total. The van der Waals surface area contributed by atoms with Gasteiger partial charge in [-0.25, -0.2) is 15.0 Å². The lowest BCUT2D eigenvalue weighted by Gasteiger charge is -2.19. The summed E-state index contributed by atoms with van der Waals surface area (Å²) in [6.45, 7) is 5.77. The maximum Gasteiger partial charge on any atom is 0.187 e. The highest BCUT2D eigenvalue weighted by Crippen LogP contribution is 2.40. The Labute approximate surface area is 168 Å². The summed E-state index contributed by atoms with van der Waals surface area (Å²) in [5, 5.41) is 11.1. The molecule has 7 heteroatoms. The summed E-state index contributed by atoms with van der Waals surface area (Å²) in [6.07, 6.45) is 4.77. The predicted molar refractivity (Wildman–Crippen MR) is 115 cm³/mol. The number of thioether (sulfide) groups is 1. The molecule has 0 amide bonds. The van der Waals surface area contributed by atoms with E-state index >= 15 is 0 Å². The first kappa shape index (κ1) is 19.8. The molecule has 0 atom stereocenters. The summed E-state index contributed by atoms with van der Waals surface area (Å²) in [4.78, 5) is 17.1. The van der Waals surface area contributed by atoms with Crippen LogP contribution in [0.25, 0.3) is 21.8 Å². The average Bonchev–Trinajstić information content (AvgIpc) is 3.13. The third kappa shape index (κ3) is 4.66. The van der Waals surface area contributed by atoms with Crippen molar-refractivity contribution in [3.05, 3.63) is 42.1 Å². The first-order valence-electron chi connectivity index (χ1n) is 8.97. The van der Waals surface area contributed by atoms with E-state index in [0.717, 1.165) is 45.1 Å². The number of aliphatic hydroxyl groups excluding tert-OH is 1. The molecule has 3 rings (SSSR count). The third-order valence-electron chi connectivity index (χ3n) is 4.09. The van der Waals surface area contributed by atoms with Gasteiger partial charge in [0.25, 0.3) is 0 Å². The second-order valence-electron chi connectivity index (χ2n) is 6.18. The minimum atomic E-state index is 0.110. The molecule has 0 saturated heterocycles. The van der Waals surface area contributed by atoms with Crippen molar-refractivity contribution < 1.29 is 5.11 Å². The molecule has 0 saturated carbocycles. The van der Waals surface area contributed by atoms with E-state index < -0.39 is 0 Å². The molecule has 142 valence electrons. The van der Waals surface area contributed by atoms with Crippen LogP contribution >= 0.6 is 23.1 Å². The Kier molecular flexibility index (Phi) is 6.82. The van der Waals surface area contributed by atoms with E-state index in [2.05, 4.69) is 53.0 Å². The quantitative estimate of drug-likeness (QED) is 0.443. The smallest absolute Gasteiger partial charge is 0.187 e. The van der Waals surface area contributed by atoms with E-state index in [4.69, 9.17) is 4.98 Å². The number of aliphatic hydroxyl groups is 1. The van der Waals surface area contributed by atoms with Crippen molar-refractivity contribution in [3.63, 3.8) is 0 Å². The molecular formula is C20H24N4OS2. The Morgan fingerprint density at radius 2 is 2.04 bits per heavy atom. The van der Waals surface area contributed by atoms with Crippen molar-refractivity contribution in [3.8, 4) is 21.8 Å². The highest BCUT2D eigenvalue weighted by molar-refractivity contribution is 7.98.